The van der Waals surface area contributed by atoms with Crippen molar-refractivity contribution >= 4 is 17.3 Å². The van der Waals surface area contributed by atoms with Gasteiger partial charge in [-0.15, -0.1) is 0 Å². The van der Waals surface area contributed by atoms with Gasteiger partial charge in [-0.2, -0.15) is 0 Å². The Morgan fingerprint density at radius 1 is 1.19 bits per heavy atom. The lowest BCUT2D eigenvalue weighted by atomic mass is 10.1. The van der Waals surface area contributed by atoms with Crippen LogP contribution in [-0.2, 0) is 11.3 Å². The van der Waals surface area contributed by atoms with Crippen LogP contribution < -0.4 is 15.4 Å². The molecule has 0 aliphatic carbocycles. The van der Waals surface area contributed by atoms with Crippen LogP contribution in [0.25, 0.3) is 0 Å². The van der Waals surface area contributed by atoms with E-state index >= 15 is 0 Å². The zero-order valence-corrected chi connectivity index (χ0v) is 12.6. The maximum atomic E-state index is 11.2. The van der Waals surface area contributed by atoms with Crippen molar-refractivity contribution in [2.75, 3.05) is 17.7 Å². The van der Waals surface area contributed by atoms with E-state index in [1.54, 1.807) is 7.11 Å². The van der Waals surface area contributed by atoms with Gasteiger partial charge in [-0.3, -0.25) is 4.79 Å². The fourth-order valence-corrected chi connectivity index (χ4v) is 2.17. The molecule has 0 aliphatic rings. The molecule has 110 valence electrons. The molecule has 2 aromatic rings. The molecule has 2 rings (SSSR count). The number of hydrogen-bond donors (Lipinski definition) is 2. The standard InChI is InChI=1S/C17H20N2O2/c1-12-10-15(8-9-17(12)21-3)18-11-14-6-4-5-7-16(14)19-13(2)20/h4-10,18H,11H2,1-3H3,(H,19,20). The molecule has 0 fully saturated rings. The number of amides is 1. The smallest absolute Gasteiger partial charge is 0.221 e. The van der Waals surface area contributed by atoms with E-state index in [0.29, 0.717) is 6.54 Å². The van der Waals surface area contributed by atoms with Gasteiger partial charge in [0.15, 0.2) is 0 Å². The summed E-state index contributed by atoms with van der Waals surface area (Å²) in [5.74, 6) is 0.807. The van der Waals surface area contributed by atoms with Gasteiger partial charge in [0.2, 0.25) is 5.91 Å². The summed E-state index contributed by atoms with van der Waals surface area (Å²) in [5.41, 5.74) is 3.98. The van der Waals surface area contributed by atoms with E-state index < -0.39 is 0 Å². The molecule has 2 N–H and O–H groups in total. The molecule has 21 heavy (non-hydrogen) atoms. The normalized spacial score (nSPS) is 10.0. The summed E-state index contributed by atoms with van der Waals surface area (Å²) >= 11 is 0. The van der Waals surface area contributed by atoms with Gasteiger partial charge in [0.1, 0.15) is 5.75 Å². The Kier molecular flexibility index (Phi) is 4.82. The second-order valence-electron chi connectivity index (χ2n) is 4.88. The summed E-state index contributed by atoms with van der Waals surface area (Å²) < 4.78 is 5.25. The highest BCUT2D eigenvalue weighted by Gasteiger charge is 2.04. The fourth-order valence-electron chi connectivity index (χ4n) is 2.17. The van der Waals surface area contributed by atoms with Crippen LogP contribution in [0.1, 0.15) is 18.1 Å². The maximum Gasteiger partial charge on any atom is 0.221 e. The van der Waals surface area contributed by atoms with Gasteiger partial charge in [0, 0.05) is 24.8 Å². The van der Waals surface area contributed by atoms with Crippen molar-refractivity contribution in [3.63, 3.8) is 0 Å². The van der Waals surface area contributed by atoms with E-state index in [2.05, 4.69) is 10.6 Å². The van der Waals surface area contributed by atoms with Crippen LogP contribution in [-0.4, -0.2) is 13.0 Å². The summed E-state index contributed by atoms with van der Waals surface area (Å²) in [7, 11) is 1.67. The third kappa shape index (κ3) is 3.99. The van der Waals surface area contributed by atoms with Crippen molar-refractivity contribution in [2.24, 2.45) is 0 Å². The minimum absolute atomic E-state index is 0.0669. The summed E-state index contributed by atoms with van der Waals surface area (Å²) in [6.07, 6.45) is 0. The van der Waals surface area contributed by atoms with E-state index in [9.17, 15) is 4.79 Å². The van der Waals surface area contributed by atoms with Gasteiger partial charge in [-0.1, -0.05) is 18.2 Å². The van der Waals surface area contributed by atoms with Crippen molar-refractivity contribution in [2.45, 2.75) is 20.4 Å². The summed E-state index contributed by atoms with van der Waals surface area (Å²) in [5, 5.41) is 6.20. The average Bonchev–Trinajstić information content (AvgIpc) is 2.46. The summed E-state index contributed by atoms with van der Waals surface area (Å²) in [4.78, 5) is 11.2. The highest BCUT2D eigenvalue weighted by atomic mass is 16.5. The van der Waals surface area contributed by atoms with Gasteiger partial charge in [0.05, 0.1) is 7.11 Å². The highest BCUT2D eigenvalue weighted by molar-refractivity contribution is 5.89. The molecule has 0 bridgehead atoms. The lowest BCUT2D eigenvalue weighted by Gasteiger charge is -2.13. The quantitative estimate of drug-likeness (QED) is 0.882. The fraction of sp³-hybridized carbons (Fsp3) is 0.235. The largest absolute Gasteiger partial charge is 0.496 e. The van der Waals surface area contributed by atoms with E-state index in [-0.39, 0.29) is 5.91 Å². The number of anilines is 2. The number of aryl methyl sites for hydroxylation is 1. The van der Waals surface area contributed by atoms with E-state index in [1.807, 2.05) is 49.4 Å². The number of carbonyl (C=O) groups is 1. The van der Waals surface area contributed by atoms with Crippen LogP contribution in [0, 0.1) is 6.92 Å². The van der Waals surface area contributed by atoms with E-state index in [1.165, 1.54) is 6.92 Å². The SMILES string of the molecule is COc1ccc(NCc2ccccc2NC(C)=O)cc1C. The molecule has 0 heterocycles. The first kappa shape index (κ1) is 14.9. The molecule has 1 amide bonds. The molecule has 2 aromatic carbocycles. The molecule has 0 aliphatic heterocycles. The van der Waals surface area contributed by atoms with Crippen molar-refractivity contribution in [1.82, 2.24) is 0 Å². The van der Waals surface area contributed by atoms with Gasteiger partial charge >= 0.3 is 0 Å². The zero-order chi connectivity index (χ0) is 15.2. The van der Waals surface area contributed by atoms with Crippen LogP contribution in [0.15, 0.2) is 42.5 Å². The molecule has 4 nitrogen and oxygen atoms in total. The minimum Gasteiger partial charge on any atom is -0.496 e. The van der Waals surface area contributed by atoms with Crippen LogP contribution >= 0.6 is 0 Å². The molecular weight excluding hydrogens is 264 g/mol. The number of ether oxygens (including phenoxy) is 1. The molecule has 0 saturated carbocycles. The Morgan fingerprint density at radius 2 is 1.95 bits per heavy atom. The molecule has 0 radical (unpaired) electrons. The topological polar surface area (TPSA) is 50.4 Å². The molecule has 0 aromatic heterocycles. The number of benzene rings is 2. The first-order valence-corrected chi connectivity index (χ1v) is 6.84. The van der Waals surface area contributed by atoms with Gasteiger partial charge in [0.25, 0.3) is 0 Å². The Morgan fingerprint density at radius 3 is 2.62 bits per heavy atom. The monoisotopic (exact) mass is 284 g/mol. The maximum absolute atomic E-state index is 11.2. The number of carbonyl (C=O) groups excluding carboxylic acids is 1. The number of rotatable bonds is 5. The molecular formula is C17H20N2O2. The zero-order valence-electron chi connectivity index (χ0n) is 12.6. The molecule has 0 saturated heterocycles. The number of nitrogens with one attached hydrogen (secondary N) is 2. The number of hydrogen-bond acceptors (Lipinski definition) is 3. The van der Waals surface area contributed by atoms with E-state index in [4.69, 9.17) is 4.74 Å². The summed E-state index contributed by atoms with van der Waals surface area (Å²) in [6.45, 7) is 4.16. The van der Waals surface area contributed by atoms with Crippen LogP contribution in [0.4, 0.5) is 11.4 Å². The minimum atomic E-state index is -0.0669. The molecule has 0 unspecified atom stereocenters. The predicted molar refractivity (Wildman–Crippen MR) is 85.8 cm³/mol. The van der Waals surface area contributed by atoms with Gasteiger partial charge in [-0.25, -0.2) is 0 Å². The predicted octanol–water partition coefficient (Wildman–Crippen LogP) is 3.57. The van der Waals surface area contributed by atoms with Crippen LogP contribution in [0.3, 0.4) is 0 Å². The second kappa shape index (κ2) is 6.79. The first-order valence-electron chi connectivity index (χ1n) is 6.84. The lowest BCUT2D eigenvalue weighted by Crippen LogP contribution is -2.10. The molecule has 0 atom stereocenters. The van der Waals surface area contributed by atoms with Crippen molar-refractivity contribution in [1.29, 1.82) is 0 Å². The third-order valence-electron chi connectivity index (χ3n) is 3.21. The van der Waals surface area contributed by atoms with Crippen LogP contribution in [0.2, 0.25) is 0 Å². The van der Waals surface area contributed by atoms with Crippen molar-refractivity contribution in [3.05, 3.63) is 53.6 Å². The second-order valence-corrected chi connectivity index (χ2v) is 4.88. The van der Waals surface area contributed by atoms with Crippen LogP contribution in [0.5, 0.6) is 5.75 Å². The molecule has 0 spiro atoms. The Bertz CT molecular complexity index is 638. The summed E-state index contributed by atoms with van der Waals surface area (Å²) in [6, 6.07) is 13.7. The van der Waals surface area contributed by atoms with E-state index in [0.717, 1.165) is 28.3 Å². The first-order chi connectivity index (χ1) is 10.1. The van der Waals surface area contributed by atoms with Crippen molar-refractivity contribution < 1.29 is 9.53 Å². The van der Waals surface area contributed by atoms with Crippen molar-refractivity contribution in [3.8, 4) is 5.75 Å². The Balaban J connectivity index is 2.09. The molecule has 4 heteroatoms. The number of para-hydroxylation sites is 1. The van der Waals surface area contributed by atoms with Gasteiger partial charge < -0.3 is 15.4 Å². The lowest BCUT2D eigenvalue weighted by molar-refractivity contribution is -0.114. The Labute approximate surface area is 125 Å². The Hall–Kier alpha value is -2.49. The van der Waals surface area contributed by atoms with Gasteiger partial charge in [-0.05, 0) is 42.3 Å². The highest BCUT2D eigenvalue weighted by Crippen LogP contribution is 2.23. The average molecular weight is 284 g/mol. The number of methoxy groups -OCH3 is 1. The third-order valence-corrected chi connectivity index (χ3v) is 3.21.